The van der Waals surface area contributed by atoms with Gasteiger partial charge in [0.05, 0.1) is 0 Å². The van der Waals surface area contributed by atoms with Gasteiger partial charge in [0.15, 0.2) is 0 Å². The Bertz CT molecular complexity index is 326. The number of nitrogens with one attached hydrogen (secondary N) is 1. The summed E-state index contributed by atoms with van der Waals surface area (Å²) in [5, 5.41) is 11.9. The summed E-state index contributed by atoms with van der Waals surface area (Å²) in [4.78, 5) is 0. The minimum absolute atomic E-state index is 0.261. The van der Waals surface area contributed by atoms with Crippen molar-refractivity contribution in [2.75, 3.05) is 13.1 Å². The van der Waals surface area contributed by atoms with E-state index >= 15 is 0 Å². The monoisotopic (exact) mass is 222 g/mol. The fourth-order valence-electron chi connectivity index (χ4n) is 2.71. The lowest BCUT2D eigenvalue weighted by molar-refractivity contribution is 0.272. The van der Waals surface area contributed by atoms with E-state index in [0.717, 1.165) is 32.5 Å². The third-order valence-corrected chi connectivity index (χ3v) is 3.79. The van der Waals surface area contributed by atoms with Gasteiger partial charge in [-0.1, -0.05) is 13.8 Å². The molecular formula is C12H22N4. The van der Waals surface area contributed by atoms with Crippen molar-refractivity contribution in [2.24, 2.45) is 0 Å². The van der Waals surface area contributed by atoms with Crippen LogP contribution >= 0.6 is 0 Å². The van der Waals surface area contributed by atoms with Crippen LogP contribution in [0.3, 0.4) is 0 Å². The Balaban J connectivity index is 2.27. The molecule has 0 unspecified atom stereocenters. The first-order valence-electron chi connectivity index (χ1n) is 6.41. The lowest BCUT2D eigenvalue weighted by Gasteiger charge is -2.36. The Morgan fingerprint density at radius 3 is 2.75 bits per heavy atom. The third-order valence-electron chi connectivity index (χ3n) is 3.79. The summed E-state index contributed by atoms with van der Waals surface area (Å²) in [5.41, 5.74) is 0.261. The molecule has 90 valence electrons. The lowest BCUT2D eigenvalue weighted by atomic mass is 9.76. The smallest absolute Gasteiger partial charge is 0.139 e. The first kappa shape index (κ1) is 11.6. The number of hydrogen-bond donors (Lipinski definition) is 1. The summed E-state index contributed by atoms with van der Waals surface area (Å²) < 4.78 is 2.24. The molecule has 0 atom stereocenters. The number of aryl methyl sites for hydroxylation is 1. The van der Waals surface area contributed by atoms with Gasteiger partial charge in [-0.15, -0.1) is 10.2 Å². The van der Waals surface area contributed by atoms with Crippen LogP contribution in [0.1, 0.15) is 45.4 Å². The molecule has 1 N–H and O–H groups in total. The van der Waals surface area contributed by atoms with Gasteiger partial charge >= 0.3 is 0 Å². The van der Waals surface area contributed by atoms with Gasteiger partial charge in [-0.05, 0) is 38.8 Å². The summed E-state index contributed by atoms with van der Waals surface area (Å²) in [5.74, 6) is 1.21. The van der Waals surface area contributed by atoms with Gasteiger partial charge in [-0.25, -0.2) is 0 Å². The number of aromatic nitrogens is 3. The van der Waals surface area contributed by atoms with Crippen LogP contribution in [-0.4, -0.2) is 27.9 Å². The lowest BCUT2D eigenvalue weighted by Crippen LogP contribution is -2.41. The minimum Gasteiger partial charge on any atom is -0.317 e. The zero-order valence-electron chi connectivity index (χ0n) is 10.4. The van der Waals surface area contributed by atoms with Crippen molar-refractivity contribution in [3.05, 3.63) is 12.2 Å². The fraction of sp³-hybridized carbons (Fsp3) is 0.833. The predicted octanol–water partition coefficient (Wildman–Crippen LogP) is 1.72. The summed E-state index contributed by atoms with van der Waals surface area (Å²) in [6.07, 6.45) is 6.57. The quantitative estimate of drug-likeness (QED) is 0.843. The molecule has 2 heterocycles. The minimum atomic E-state index is 0.261. The first-order valence-corrected chi connectivity index (χ1v) is 6.41. The Morgan fingerprint density at radius 1 is 1.38 bits per heavy atom. The predicted molar refractivity (Wildman–Crippen MR) is 64.4 cm³/mol. The van der Waals surface area contributed by atoms with Crippen LogP contribution in [0, 0.1) is 0 Å². The molecule has 4 nitrogen and oxygen atoms in total. The topological polar surface area (TPSA) is 42.7 Å². The highest BCUT2D eigenvalue weighted by Crippen LogP contribution is 2.35. The normalized spacial score (nSPS) is 19.9. The fourth-order valence-corrected chi connectivity index (χ4v) is 2.71. The average Bonchev–Trinajstić information content (AvgIpc) is 2.79. The van der Waals surface area contributed by atoms with Gasteiger partial charge in [-0.3, -0.25) is 0 Å². The van der Waals surface area contributed by atoms with E-state index in [9.17, 15) is 0 Å². The van der Waals surface area contributed by atoms with Crippen LogP contribution in [0.15, 0.2) is 6.33 Å². The van der Waals surface area contributed by atoms with Gasteiger partial charge in [0, 0.05) is 12.0 Å². The van der Waals surface area contributed by atoms with Crippen LogP contribution in [0.4, 0.5) is 0 Å². The van der Waals surface area contributed by atoms with E-state index in [4.69, 9.17) is 0 Å². The Labute approximate surface area is 97.5 Å². The number of hydrogen-bond acceptors (Lipinski definition) is 3. The molecule has 0 aromatic carbocycles. The number of nitrogens with zero attached hydrogens (tertiary/aromatic N) is 3. The van der Waals surface area contributed by atoms with Crippen molar-refractivity contribution >= 4 is 0 Å². The number of rotatable bonds is 4. The molecule has 1 fully saturated rings. The van der Waals surface area contributed by atoms with E-state index in [-0.39, 0.29) is 5.41 Å². The molecule has 1 saturated heterocycles. The molecule has 0 radical (unpaired) electrons. The third kappa shape index (κ3) is 1.98. The second-order valence-electron chi connectivity index (χ2n) is 4.73. The first-order chi connectivity index (χ1) is 7.82. The molecule has 2 rings (SSSR count). The van der Waals surface area contributed by atoms with E-state index in [1.54, 1.807) is 0 Å². The van der Waals surface area contributed by atoms with Crippen molar-refractivity contribution in [1.82, 2.24) is 20.1 Å². The van der Waals surface area contributed by atoms with Crippen molar-refractivity contribution in [1.29, 1.82) is 0 Å². The molecule has 1 aromatic heterocycles. The van der Waals surface area contributed by atoms with E-state index in [1.807, 2.05) is 6.33 Å². The standard InChI is InChI=1S/C12H22N4/c1-3-9-16-10-14-15-11(16)12(4-2)5-7-13-8-6-12/h10,13H,3-9H2,1-2H3. The molecule has 16 heavy (non-hydrogen) atoms. The molecule has 0 amide bonds. The SMILES string of the molecule is CCCn1cnnc1C1(CC)CCNCC1. The highest BCUT2D eigenvalue weighted by atomic mass is 15.3. The molecule has 0 saturated carbocycles. The van der Waals surface area contributed by atoms with Crippen molar-refractivity contribution < 1.29 is 0 Å². The van der Waals surface area contributed by atoms with Crippen molar-refractivity contribution in [3.63, 3.8) is 0 Å². The van der Waals surface area contributed by atoms with E-state index in [1.165, 1.54) is 18.7 Å². The van der Waals surface area contributed by atoms with Gasteiger partial charge in [0.25, 0.3) is 0 Å². The summed E-state index contributed by atoms with van der Waals surface area (Å²) in [7, 11) is 0. The average molecular weight is 222 g/mol. The molecule has 1 aliphatic rings. The van der Waals surface area contributed by atoms with Gasteiger partial charge in [0.2, 0.25) is 0 Å². The highest BCUT2D eigenvalue weighted by molar-refractivity contribution is 5.10. The maximum atomic E-state index is 4.39. The van der Waals surface area contributed by atoms with E-state index in [2.05, 4.69) is 33.9 Å². The summed E-state index contributed by atoms with van der Waals surface area (Å²) >= 11 is 0. The zero-order valence-corrected chi connectivity index (χ0v) is 10.4. The molecule has 1 aliphatic heterocycles. The molecule has 0 bridgehead atoms. The Morgan fingerprint density at radius 2 is 2.12 bits per heavy atom. The van der Waals surface area contributed by atoms with Gasteiger partial charge < -0.3 is 9.88 Å². The molecule has 4 heteroatoms. The van der Waals surface area contributed by atoms with Crippen molar-refractivity contribution in [2.45, 2.75) is 51.5 Å². The second-order valence-corrected chi connectivity index (χ2v) is 4.73. The maximum Gasteiger partial charge on any atom is 0.139 e. The largest absolute Gasteiger partial charge is 0.317 e. The van der Waals surface area contributed by atoms with Gasteiger partial charge in [0.1, 0.15) is 12.2 Å². The second kappa shape index (κ2) is 4.95. The zero-order chi connectivity index (χ0) is 11.4. The number of piperidine rings is 1. The van der Waals surface area contributed by atoms with Crippen LogP contribution in [0.2, 0.25) is 0 Å². The molecule has 0 spiro atoms. The Kier molecular flexibility index (Phi) is 3.59. The molecule has 1 aromatic rings. The van der Waals surface area contributed by atoms with E-state index in [0.29, 0.717) is 0 Å². The van der Waals surface area contributed by atoms with Crippen molar-refractivity contribution in [3.8, 4) is 0 Å². The highest BCUT2D eigenvalue weighted by Gasteiger charge is 2.36. The molecular weight excluding hydrogens is 200 g/mol. The van der Waals surface area contributed by atoms with Crippen LogP contribution in [0.5, 0.6) is 0 Å². The van der Waals surface area contributed by atoms with Crippen LogP contribution in [-0.2, 0) is 12.0 Å². The Hall–Kier alpha value is -0.900. The van der Waals surface area contributed by atoms with Crippen LogP contribution in [0.25, 0.3) is 0 Å². The molecule has 0 aliphatic carbocycles. The van der Waals surface area contributed by atoms with Gasteiger partial charge in [-0.2, -0.15) is 0 Å². The maximum absolute atomic E-state index is 4.39. The summed E-state index contributed by atoms with van der Waals surface area (Å²) in [6, 6.07) is 0. The summed E-state index contributed by atoms with van der Waals surface area (Å²) in [6.45, 7) is 7.72. The van der Waals surface area contributed by atoms with Crippen LogP contribution < -0.4 is 5.32 Å². The van der Waals surface area contributed by atoms with E-state index < -0.39 is 0 Å².